The summed E-state index contributed by atoms with van der Waals surface area (Å²) in [5.41, 5.74) is 35.4. The van der Waals surface area contributed by atoms with Gasteiger partial charge >= 0.3 is 0 Å². The summed E-state index contributed by atoms with van der Waals surface area (Å²) in [5, 5.41) is 0. The molecule has 0 N–H and O–H groups in total. The molecule has 0 unspecified atom stereocenters. The highest BCUT2D eigenvalue weighted by atomic mass is 32.1. The van der Waals surface area contributed by atoms with Crippen molar-refractivity contribution >= 4 is 22.7 Å². The molecule has 11 rings (SSSR count). The molecule has 4 aromatic carbocycles. The van der Waals surface area contributed by atoms with Gasteiger partial charge in [-0.25, -0.2) is 0 Å². The Kier molecular flexibility index (Phi) is 9.66. The first-order valence-corrected chi connectivity index (χ1v) is 23.2. The van der Waals surface area contributed by atoms with Crippen molar-refractivity contribution in [2.45, 2.75) is 51.4 Å². The van der Waals surface area contributed by atoms with Gasteiger partial charge in [0.1, 0.15) is 0 Å². The number of thiophene rings is 2. The molecular weight excluding hydrogens is 785 g/mol. The predicted octanol–water partition coefficient (Wildman–Crippen LogP) is 15.4. The maximum atomic E-state index is 4.21. The minimum absolute atomic E-state index is 0.0430. The molecule has 0 saturated carbocycles. The van der Waals surface area contributed by atoms with Crippen LogP contribution in [0.2, 0.25) is 0 Å². The van der Waals surface area contributed by atoms with Crippen molar-refractivity contribution in [3.8, 4) is 0 Å². The standard InChI is InChI=1S/C60H44S2/c1-37-15-23-41(24-16-37)57-49-35-50(46-12-8-5-7-11-45(46)49)58(42-25-17-38(2)18-26-42)55-33-34-56(62-55)60(44-29-21-40(4)22-30-44)52-36-51(47-13-9-6-10-14-48(47)52)59(54-32-31-53(57)61-54)43-27-19-39(3)20-28-43/h5-11,13,15-34,57-60H,1-4H3/t57-,58+,59-,60+/m1/s1. The van der Waals surface area contributed by atoms with E-state index in [9.17, 15) is 0 Å². The molecule has 3 heterocycles. The molecule has 0 fully saturated rings. The van der Waals surface area contributed by atoms with Gasteiger partial charge in [0.15, 0.2) is 0 Å². The van der Waals surface area contributed by atoms with E-state index in [1.165, 1.54) is 97.5 Å². The Balaban J connectivity index is 1.26. The highest BCUT2D eigenvalue weighted by Gasteiger charge is 2.39. The normalized spacial score (nSPS) is 20.7. The second-order valence-electron chi connectivity index (χ2n) is 17.1. The summed E-state index contributed by atoms with van der Waals surface area (Å²) in [6.07, 6.45) is 17.3. The Morgan fingerprint density at radius 1 is 0.339 bits per heavy atom. The molecule has 0 saturated heterocycles. The zero-order valence-electron chi connectivity index (χ0n) is 35.3. The van der Waals surface area contributed by atoms with Gasteiger partial charge in [-0.1, -0.05) is 156 Å². The summed E-state index contributed by atoms with van der Waals surface area (Å²) in [4.78, 5) is 5.17. The number of rotatable bonds is 4. The number of hydrogen-bond acceptors (Lipinski definition) is 2. The van der Waals surface area contributed by atoms with Gasteiger partial charge in [0.2, 0.25) is 0 Å². The Morgan fingerprint density at radius 3 is 0.935 bits per heavy atom. The van der Waals surface area contributed by atoms with E-state index < -0.39 is 0 Å². The van der Waals surface area contributed by atoms with Crippen molar-refractivity contribution in [2.75, 3.05) is 0 Å². The molecule has 2 aromatic heterocycles. The van der Waals surface area contributed by atoms with E-state index in [0.717, 1.165) is 11.1 Å². The molecule has 0 amide bonds. The van der Waals surface area contributed by atoms with Gasteiger partial charge in [-0.2, -0.15) is 0 Å². The van der Waals surface area contributed by atoms with Crippen LogP contribution in [0.1, 0.15) is 87.7 Å². The largest absolute Gasteiger partial charge is 0.143 e. The van der Waals surface area contributed by atoms with Crippen LogP contribution in [-0.4, -0.2) is 0 Å². The molecule has 296 valence electrons. The van der Waals surface area contributed by atoms with E-state index >= 15 is 0 Å². The summed E-state index contributed by atoms with van der Waals surface area (Å²) >= 11 is 3.84. The lowest BCUT2D eigenvalue weighted by molar-refractivity contribution is 0.989. The number of allylic oxidation sites excluding steroid dienone is 12. The number of benzene rings is 4. The highest BCUT2D eigenvalue weighted by Crippen LogP contribution is 2.55. The van der Waals surface area contributed by atoms with Gasteiger partial charge in [-0.15, -0.1) is 45.6 Å². The van der Waals surface area contributed by atoms with Crippen LogP contribution >= 0.6 is 22.7 Å². The molecule has 6 aromatic rings. The molecular formula is C60H44S2. The summed E-state index contributed by atoms with van der Waals surface area (Å²) in [7, 11) is 0. The summed E-state index contributed by atoms with van der Waals surface area (Å²) in [6, 6.07) is 46.1. The lowest BCUT2D eigenvalue weighted by atomic mass is 9.82. The molecule has 5 aliphatic rings. The van der Waals surface area contributed by atoms with Crippen molar-refractivity contribution in [3.05, 3.63) is 301 Å². The van der Waals surface area contributed by atoms with E-state index in [0.29, 0.717) is 0 Å². The first-order valence-electron chi connectivity index (χ1n) is 21.5. The van der Waals surface area contributed by atoms with Gasteiger partial charge in [0.25, 0.3) is 0 Å². The second kappa shape index (κ2) is 15.7. The number of fused-ring (bicyclic) bond motifs is 10. The van der Waals surface area contributed by atoms with Crippen LogP contribution in [-0.2, 0) is 0 Å². The molecule has 62 heavy (non-hydrogen) atoms. The van der Waals surface area contributed by atoms with Gasteiger partial charge in [-0.3, -0.25) is 0 Å². The monoisotopic (exact) mass is 828 g/mol. The number of aryl methyl sites for hydroxylation is 4. The third-order valence-corrected chi connectivity index (χ3v) is 15.3. The van der Waals surface area contributed by atoms with Crippen molar-refractivity contribution < 1.29 is 0 Å². The molecule has 0 radical (unpaired) electrons. The molecule has 8 bridgehead atoms. The topological polar surface area (TPSA) is 0 Å². The van der Waals surface area contributed by atoms with Crippen LogP contribution in [0.4, 0.5) is 0 Å². The van der Waals surface area contributed by atoms with Crippen molar-refractivity contribution in [3.63, 3.8) is 0 Å². The SMILES string of the molecule is Cc1ccc([C@H]2C3=C=C(C4=CC=CC=C=C34)[C@@H](c3ccc(C)cc3)c3ccc(s3)[C@H](c3ccc(C)cc3)C3=C=C(C4=C=CC=CC=C43)[C@H](c3ccc(C)cc3)c3ccc2s3)cc1. The van der Waals surface area contributed by atoms with Gasteiger partial charge in [0.05, 0.1) is 23.7 Å². The third kappa shape index (κ3) is 6.73. The van der Waals surface area contributed by atoms with E-state index in [4.69, 9.17) is 0 Å². The lowest BCUT2D eigenvalue weighted by Gasteiger charge is -2.22. The van der Waals surface area contributed by atoms with Gasteiger partial charge < -0.3 is 0 Å². The average Bonchev–Trinajstić information content (AvgIpc) is 4.02. The lowest BCUT2D eigenvalue weighted by Crippen LogP contribution is -2.07. The van der Waals surface area contributed by atoms with E-state index in [2.05, 4.69) is 221 Å². The Morgan fingerprint density at radius 2 is 0.629 bits per heavy atom. The quantitative estimate of drug-likeness (QED) is 0.155. The van der Waals surface area contributed by atoms with Crippen molar-refractivity contribution in [2.24, 2.45) is 0 Å². The van der Waals surface area contributed by atoms with Crippen LogP contribution in [0.25, 0.3) is 0 Å². The minimum Gasteiger partial charge on any atom is -0.143 e. The van der Waals surface area contributed by atoms with E-state index in [-0.39, 0.29) is 23.7 Å². The fourth-order valence-electron chi connectivity index (χ4n) is 9.62. The summed E-state index contributed by atoms with van der Waals surface area (Å²) < 4.78 is 0. The van der Waals surface area contributed by atoms with Crippen LogP contribution in [0.3, 0.4) is 0 Å². The van der Waals surface area contributed by atoms with E-state index in [1.54, 1.807) is 0 Å². The maximum absolute atomic E-state index is 4.21. The molecule has 4 atom stereocenters. The molecule has 4 aliphatic carbocycles. The highest BCUT2D eigenvalue weighted by molar-refractivity contribution is 7.12. The van der Waals surface area contributed by atoms with Crippen molar-refractivity contribution in [1.82, 2.24) is 0 Å². The Labute approximate surface area is 373 Å². The van der Waals surface area contributed by atoms with Crippen LogP contribution in [0.15, 0.2) is 237 Å². The van der Waals surface area contributed by atoms with Crippen LogP contribution in [0, 0.1) is 27.7 Å². The first kappa shape index (κ1) is 38.3. The Hall–Kier alpha value is -6.68. The van der Waals surface area contributed by atoms with Crippen LogP contribution in [0.5, 0.6) is 0 Å². The minimum atomic E-state index is -0.0559. The maximum Gasteiger partial charge on any atom is 0.0519 e. The first-order chi connectivity index (χ1) is 30.4. The molecule has 1 aliphatic heterocycles. The second-order valence-corrected chi connectivity index (χ2v) is 19.4. The van der Waals surface area contributed by atoms with Gasteiger partial charge in [0, 0.05) is 64.1 Å². The molecule has 2 heteroatoms. The predicted molar refractivity (Wildman–Crippen MR) is 259 cm³/mol. The smallest absolute Gasteiger partial charge is 0.0519 e. The molecule has 0 spiro atoms. The summed E-state index contributed by atoms with van der Waals surface area (Å²) in [6.45, 7) is 8.69. The van der Waals surface area contributed by atoms with Crippen molar-refractivity contribution in [1.29, 1.82) is 0 Å². The Bertz CT molecular complexity index is 3000. The molecule has 0 nitrogen and oxygen atoms in total. The third-order valence-electron chi connectivity index (χ3n) is 12.8. The fraction of sp³-hybridized carbons (Fsp3) is 0.133. The van der Waals surface area contributed by atoms with Gasteiger partial charge in [-0.05, 0) is 86.4 Å². The number of hydrogen-bond donors (Lipinski definition) is 0. The zero-order valence-corrected chi connectivity index (χ0v) is 36.9. The summed E-state index contributed by atoms with van der Waals surface area (Å²) in [5.74, 6) is -0.198. The fourth-order valence-corrected chi connectivity index (χ4v) is 12.2. The van der Waals surface area contributed by atoms with E-state index in [1.807, 2.05) is 22.7 Å². The zero-order chi connectivity index (χ0) is 41.9. The van der Waals surface area contributed by atoms with Crippen LogP contribution < -0.4 is 0 Å². The average molecular weight is 829 g/mol.